The fourth-order valence-electron chi connectivity index (χ4n) is 1.31. The first kappa shape index (κ1) is 10.5. The predicted molar refractivity (Wildman–Crippen MR) is 56.5 cm³/mol. The van der Waals surface area contributed by atoms with E-state index in [1.807, 2.05) is 0 Å². The molecule has 74 valence electrons. The van der Waals surface area contributed by atoms with Crippen molar-refractivity contribution >= 4 is 14.0 Å². The van der Waals surface area contributed by atoms with Crippen LogP contribution in [0, 0.1) is 11.8 Å². The summed E-state index contributed by atoms with van der Waals surface area (Å²) in [7, 11) is -0.980. The van der Waals surface area contributed by atoms with Gasteiger partial charge in [-0.05, 0) is 18.4 Å². The summed E-state index contributed by atoms with van der Waals surface area (Å²) in [6, 6.07) is 1.16. The lowest BCUT2D eigenvalue weighted by Gasteiger charge is -2.11. The molecule has 13 heavy (non-hydrogen) atoms. The normalized spacial score (nSPS) is 27.9. The minimum Gasteiger partial charge on any atom is -0.481 e. The molecule has 0 bridgehead atoms. The third-order valence-electron chi connectivity index (χ3n) is 2.27. The van der Waals surface area contributed by atoms with Crippen molar-refractivity contribution in [2.24, 2.45) is 11.8 Å². The Morgan fingerprint density at radius 1 is 1.54 bits per heavy atom. The van der Waals surface area contributed by atoms with Crippen LogP contribution in [0.2, 0.25) is 25.7 Å². The number of rotatable bonds is 4. The monoisotopic (exact) mass is 198 g/mol. The van der Waals surface area contributed by atoms with Crippen molar-refractivity contribution in [3.8, 4) is 0 Å². The molecular formula is C10H18O2Si. The van der Waals surface area contributed by atoms with Crippen molar-refractivity contribution in [3.63, 3.8) is 0 Å². The van der Waals surface area contributed by atoms with Gasteiger partial charge in [-0.25, -0.2) is 0 Å². The second kappa shape index (κ2) is 3.66. The maximum Gasteiger partial charge on any atom is 0.307 e. The van der Waals surface area contributed by atoms with Gasteiger partial charge in [0.05, 0.1) is 5.92 Å². The lowest BCUT2D eigenvalue weighted by molar-refractivity contribution is -0.138. The molecule has 3 heteroatoms. The van der Waals surface area contributed by atoms with Gasteiger partial charge in [-0.1, -0.05) is 31.8 Å². The van der Waals surface area contributed by atoms with E-state index >= 15 is 0 Å². The van der Waals surface area contributed by atoms with E-state index in [2.05, 4.69) is 31.8 Å². The van der Waals surface area contributed by atoms with E-state index in [9.17, 15) is 4.79 Å². The van der Waals surface area contributed by atoms with Crippen LogP contribution in [-0.4, -0.2) is 19.1 Å². The van der Waals surface area contributed by atoms with Gasteiger partial charge in [-0.15, -0.1) is 0 Å². The zero-order valence-electron chi connectivity index (χ0n) is 8.58. The molecule has 0 spiro atoms. The number of carboxylic acids is 1. The molecule has 1 aliphatic rings. The van der Waals surface area contributed by atoms with E-state index in [1.54, 1.807) is 0 Å². The summed E-state index contributed by atoms with van der Waals surface area (Å²) in [5, 5.41) is 8.66. The molecule has 0 aliphatic heterocycles. The molecule has 1 fully saturated rings. The molecule has 0 aromatic heterocycles. The summed E-state index contributed by atoms with van der Waals surface area (Å²) in [6.45, 7) is 6.96. The molecule has 2 atom stereocenters. The number of hydrogen-bond donors (Lipinski definition) is 1. The summed E-state index contributed by atoms with van der Waals surface area (Å²) < 4.78 is 0. The number of hydrogen-bond acceptors (Lipinski definition) is 1. The second-order valence-corrected chi connectivity index (χ2v) is 10.6. The Hall–Kier alpha value is -0.573. The van der Waals surface area contributed by atoms with Crippen molar-refractivity contribution in [2.45, 2.75) is 32.1 Å². The van der Waals surface area contributed by atoms with Crippen molar-refractivity contribution in [2.75, 3.05) is 0 Å². The average Bonchev–Trinajstić information content (AvgIpc) is 2.63. The minimum atomic E-state index is -0.980. The first-order valence-corrected chi connectivity index (χ1v) is 8.50. The van der Waals surface area contributed by atoms with Crippen LogP contribution in [0.3, 0.4) is 0 Å². The third-order valence-corrected chi connectivity index (χ3v) is 3.73. The fourth-order valence-corrected chi connectivity index (χ4v) is 2.15. The highest BCUT2D eigenvalue weighted by Crippen LogP contribution is 2.39. The van der Waals surface area contributed by atoms with Gasteiger partial charge in [0, 0.05) is 8.07 Å². The Bertz CT molecular complexity index is 228. The highest BCUT2D eigenvalue weighted by Gasteiger charge is 2.40. The molecular weight excluding hydrogens is 180 g/mol. The summed E-state index contributed by atoms with van der Waals surface area (Å²) in [5.74, 6) is -0.394. The first-order valence-electron chi connectivity index (χ1n) is 4.79. The number of carboxylic acid groups (broad SMARTS) is 1. The van der Waals surface area contributed by atoms with Crippen LogP contribution in [0.5, 0.6) is 0 Å². The van der Waals surface area contributed by atoms with E-state index in [1.165, 1.54) is 0 Å². The molecule has 0 heterocycles. The Morgan fingerprint density at radius 2 is 2.15 bits per heavy atom. The van der Waals surface area contributed by atoms with E-state index in [0.717, 1.165) is 12.5 Å². The van der Waals surface area contributed by atoms with Gasteiger partial charge in [-0.2, -0.15) is 0 Å². The van der Waals surface area contributed by atoms with E-state index < -0.39 is 14.0 Å². The van der Waals surface area contributed by atoms with Crippen molar-refractivity contribution in [3.05, 3.63) is 12.2 Å². The van der Waals surface area contributed by atoms with Gasteiger partial charge < -0.3 is 5.11 Å². The Kier molecular flexibility index (Phi) is 2.96. The van der Waals surface area contributed by atoms with Gasteiger partial charge in [0.25, 0.3) is 0 Å². The molecule has 0 aromatic carbocycles. The number of aliphatic carboxylic acids is 1. The summed E-state index contributed by atoms with van der Waals surface area (Å²) in [6.07, 6.45) is 5.12. The van der Waals surface area contributed by atoms with Gasteiger partial charge >= 0.3 is 5.97 Å². The fraction of sp³-hybridized carbons (Fsp3) is 0.700. The molecule has 1 rings (SSSR count). The number of allylic oxidation sites excluding steroid dienone is 2. The van der Waals surface area contributed by atoms with Crippen molar-refractivity contribution in [1.82, 2.24) is 0 Å². The van der Waals surface area contributed by atoms with Gasteiger partial charge in [0.15, 0.2) is 0 Å². The maximum atomic E-state index is 10.5. The Morgan fingerprint density at radius 3 is 2.54 bits per heavy atom. The molecule has 1 aliphatic carbocycles. The highest BCUT2D eigenvalue weighted by atomic mass is 28.3. The van der Waals surface area contributed by atoms with E-state index in [-0.39, 0.29) is 5.92 Å². The lowest BCUT2D eigenvalue weighted by atomic mass is 10.3. The smallest absolute Gasteiger partial charge is 0.307 e. The van der Waals surface area contributed by atoms with Crippen LogP contribution in [0.25, 0.3) is 0 Å². The van der Waals surface area contributed by atoms with Crippen molar-refractivity contribution in [1.29, 1.82) is 0 Å². The predicted octanol–water partition coefficient (Wildman–Crippen LogP) is 2.60. The topological polar surface area (TPSA) is 37.3 Å². The van der Waals surface area contributed by atoms with Crippen LogP contribution in [0.1, 0.15) is 6.42 Å². The third kappa shape index (κ3) is 3.76. The molecule has 1 saturated carbocycles. The van der Waals surface area contributed by atoms with Gasteiger partial charge in [0.1, 0.15) is 0 Å². The highest BCUT2D eigenvalue weighted by molar-refractivity contribution is 6.76. The van der Waals surface area contributed by atoms with Crippen LogP contribution < -0.4 is 0 Å². The van der Waals surface area contributed by atoms with Crippen LogP contribution in [0.4, 0.5) is 0 Å². The largest absolute Gasteiger partial charge is 0.481 e. The van der Waals surface area contributed by atoms with E-state index in [4.69, 9.17) is 5.11 Å². The molecule has 2 nitrogen and oxygen atoms in total. The van der Waals surface area contributed by atoms with Crippen LogP contribution in [-0.2, 0) is 4.79 Å². The Balaban J connectivity index is 2.25. The minimum absolute atomic E-state index is 0.0853. The standard InChI is InChI=1S/C10H18O2Si/c1-13(2,3)6-4-5-8-7-9(8)10(11)12/h4-5,8-9H,6-7H2,1-3H3,(H,11,12)/b5-4-/t8-,9+/m0/s1. The number of carbonyl (C=O) groups is 1. The molecule has 1 N–H and O–H groups in total. The SMILES string of the molecule is C[Si](C)(C)C/C=C\[C@H]1C[C@H]1C(=O)O. The Labute approximate surface area is 80.7 Å². The molecule has 0 aromatic rings. The zero-order chi connectivity index (χ0) is 10.1. The lowest BCUT2D eigenvalue weighted by Crippen LogP contribution is -2.17. The van der Waals surface area contributed by atoms with Gasteiger partial charge in [-0.3, -0.25) is 4.79 Å². The summed E-state index contributed by atoms with van der Waals surface area (Å²) >= 11 is 0. The molecule has 0 saturated heterocycles. The summed E-state index contributed by atoms with van der Waals surface area (Å²) in [5.41, 5.74) is 0. The van der Waals surface area contributed by atoms with Gasteiger partial charge in [0.2, 0.25) is 0 Å². The quantitative estimate of drug-likeness (QED) is 0.557. The molecule has 0 unspecified atom stereocenters. The molecule has 0 radical (unpaired) electrons. The van der Waals surface area contributed by atoms with Crippen molar-refractivity contribution < 1.29 is 9.90 Å². The molecule has 0 amide bonds. The van der Waals surface area contributed by atoms with E-state index in [0.29, 0.717) is 5.92 Å². The maximum absolute atomic E-state index is 10.5. The van der Waals surface area contributed by atoms with Crippen LogP contribution >= 0.6 is 0 Å². The zero-order valence-corrected chi connectivity index (χ0v) is 9.58. The summed E-state index contributed by atoms with van der Waals surface area (Å²) in [4.78, 5) is 10.5. The van der Waals surface area contributed by atoms with Crippen LogP contribution in [0.15, 0.2) is 12.2 Å². The average molecular weight is 198 g/mol. The second-order valence-electron chi connectivity index (χ2n) is 5.04. The first-order chi connectivity index (χ1) is 5.90.